The second-order valence-corrected chi connectivity index (χ2v) is 2.51. The minimum Gasteiger partial charge on any atom is -0.447 e. The molecule has 0 aromatic rings. The van der Waals surface area contributed by atoms with E-state index in [0.717, 1.165) is 0 Å². The van der Waals surface area contributed by atoms with Gasteiger partial charge in [-0.2, -0.15) is 0 Å². The van der Waals surface area contributed by atoms with Crippen molar-refractivity contribution in [2.75, 3.05) is 13.2 Å². The van der Waals surface area contributed by atoms with E-state index in [9.17, 15) is 4.79 Å². The van der Waals surface area contributed by atoms with E-state index < -0.39 is 0 Å². The molecule has 2 atom stereocenters. The molecule has 4 nitrogen and oxygen atoms in total. The zero-order chi connectivity index (χ0) is 8.27. The highest BCUT2D eigenvalue weighted by atomic mass is 16.6. The van der Waals surface area contributed by atoms with Gasteiger partial charge in [0.1, 0.15) is 6.61 Å². The Balaban J connectivity index is 2.30. The maximum absolute atomic E-state index is 10.6. The van der Waals surface area contributed by atoms with Crippen molar-refractivity contribution in [1.29, 1.82) is 0 Å². The van der Waals surface area contributed by atoms with Crippen LogP contribution in [0.1, 0.15) is 13.8 Å². The lowest BCUT2D eigenvalue weighted by Crippen LogP contribution is -2.37. The number of carbonyl (C=O) groups excluding carboxylic acids is 1. The van der Waals surface area contributed by atoms with Gasteiger partial charge in [0, 0.05) is 6.61 Å². The molecule has 0 bridgehead atoms. The topological polar surface area (TPSA) is 47.6 Å². The van der Waals surface area contributed by atoms with Crippen LogP contribution in [0.4, 0.5) is 4.79 Å². The Morgan fingerprint density at radius 1 is 1.91 bits per heavy atom. The summed E-state index contributed by atoms with van der Waals surface area (Å²) < 4.78 is 9.98. The van der Waals surface area contributed by atoms with Crippen molar-refractivity contribution in [3.63, 3.8) is 0 Å². The number of carbonyl (C=O) groups is 1. The zero-order valence-corrected chi connectivity index (χ0v) is 6.79. The molecule has 0 aliphatic carbocycles. The number of amides is 1. The van der Waals surface area contributed by atoms with Gasteiger partial charge >= 0.3 is 6.09 Å². The summed E-state index contributed by atoms with van der Waals surface area (Å²) >= 11 is 0. The van der Waals surface area contributed by atoms with Crippen LogP contribution in [-0.2, 0) is 9.47 Å². The Morgan fingerprint density at radius 3 is 3.09 bits per heavy atom. The zero-order valence-electron chi connectivity index (χ0n) is 6.79. The van der Waals surface area contributed by atoms with Crippen molar-refractivity contribution in [2.45, 2.75) is 26.0 Å². The van der Waals surface area contributed by atoms with Gasteiger partial charge in [-0.25, -0.2) is 4.79 Å². The monoisotopic (exact) mass is 159 g/mol. The number of hydrogen-bond acceptors (Lipinski definition) is 3. The predicted octanol–water partition coefficient (Wildman–Crippen LogP) is 0.520. The largest absolute Gasteiger partial charge is 0.447 e. The molecule has 1 aliphatic heterocycles. The summed E-state index contributed by atoms with van der Waals surface area (Å²) in [5.74, 6) is 0. The van der Waals surface area contributed by atoms with Crippen LogP contribution < -0.4 is 5.32 Å². The Bertz CT molecular complexity index is 149. The van der Waals surface area contributed by atoms with Gasteiger partial charge in [-0.15, -0.1) is 0 Å². The lowest BCUT2D eigenvalue weighted by molar-refractivity contribution is 0.0493. The third kappa shape index (κ3) is 2.08. The van der Waals surface area contributed by atoms with E-state index in [0.29, 0.717) is 13.2 Å². The summed E-state index contributed by atoms with van der Waals surface area (Å²) in [7, 11) is 0. The summed E-state index contributed by atoms with van der Waals surface area (Å²) in [5.41, 5.74) is 0. The van der Waals surface area contributed by atoms with Gasteiger partial charge < -0.3 is 14.8 Å². The van der Waals surface area contributed by atoms with E-state index >= 15 is 0 Å². The first kappa shape index (κ1) is 8.33. The van der Waals surface area contributed by atoms with Crippen molar-refractivity contribution >= 4 is 6.09 Å². The van der Waals surface area contributed by atoms with Gasteiger partial charge in [-0.3, -0.25) is 0 Å². The Kier molecular flexibility index (Phi) is 2.70. The van der Waals surface area contributed by atoms with Crippen LogP contribution in [0.3, 0.4) is 0 Å². The fraction of sp³-hybridized carbons (Fsp3) is 0.857. The molecular formula is C7H13NO3. The molecule has 64 valence electrons. The lowest BCUT2D eigenvalue weighted by Gasteiger charge is -2.16. The molecule has 0 aromatic heterocycles. The normalized spacial score (nSPS) is 26.0. The average molecular weight is 159 g/mol. The third-order valence-electron chi connectivity index (χ3n) is 1.69. The van der Waals surface area contributed by atoms with Gasteiger partial charge in [-0.1, -0.05) is 0 Å². The standard InChI is InChI=1S/C7H13NO3/c1-3-10-5(2)6-4-11-7(9)8-6/h5-6H,3-4H2,1-2H3,(H,8,9). The van der Waals surface area contributed by atoms with Crippen LogP contribution in [-0.4, -0.2) is 31.5 Å². The Labute approximate surface area is 65.9 Å². The molecule has 0 spiro atoms. The molecule has 0 saturated carbocycles. The lowest BCUT2D eigenvalue weighted by atomic mass is 10.2. The van der Waals surface area contributed by atoms with Gasteiger partial charge in [0.25, 0.3) is 0 Å². The second-order valence-electron chi connectivity index (χ2n) is 2.51. The number of ether oxygens (including phenoxy) is 2. The fourth-order valence-electron chi connectivity index (χ4n) is 1.03. The SMILES string of the molecule is CCOC(C)C1COC(=O)N1. The van der Waals surface area contributed by atoms with E-state index in [1.54, 1.807) is 0 Å². The predicted molar refractivity (Wildman–Crippen MR) is 39.4 cm³/mol. The van der Waals surface area contributed by atoms with Crippen LogP contribution in [0, 0.1) is 0 Å². The summed E-state index contributed by atoms with van der Waals surface area (Å²) in [6, 6.07) is 0.0162. The minimum atomic E-state index is -0.346. The maximum atomic E-state index is 10.6. The molecule has 0 radical (unpaired) electrons. The van der Waals surface area contributed by atoms with Crippen molar-refractivity contribution in [1.82, 2.24) is 5.32 Å². The molecule has 4 heteroatoms. The molecule has 1 fully saturated rings. The highest BCUT2D eigenvalue weighted by molar-refractivity contribution is 5.69. The van der Waals surface area contributed by atoms with E-state index in [2.05, 4.69) is 5.32 Å². The molecule has 2 unspecified atom stereocenters. The van der Waals surface area contributed by atoms with Crippen LogP contribution in [0.15, 0.2) is 0 Å². The van der Waals surface area contributed by atoms with Crippen molar-refractivity contribution in [3.8, 4) is 0 Å². The molecule has 11 heavy (non-hydrogen) atoms. The third-order valence-corrected chi connectivity index (χ3v) is 1.69. The fourth-order valence-corrected chi connectivity index (χ4v) is 1.03. The first-order valence-electron chi connectivity index (χ1n) is 3.79. The Hall–Kier alpha value is -0.770. The van der Waals surface area contributed by atoms with Crippen molar-refractivity contribution in [3.05, 3.63) is 0 Å². The van der Waals surface area contributed by atoms with Gasteiger partial charge in [-0.05, 0) is 13.8 Å². The molecule has 1 N–H and O–H groups in total. The van der Waals surface area contributed by atoms with Crippen molar-refractivity contribution in [2.24, 2.45) is 0 Å². The van der Waals surface area contributed by atoms with Crippen LogP contribution in [0.2, 0.25) is 0 Å². The van der Waals surface area contributed by atoms with Crippen LogP contribution in [0.25, 0.3) is 0 Å². The highest BCUT2D eigenvalue weighted by Gasteiger charge is 2.27. The smallest absolute Gasteiger partial charge is 0.407 e. The van der Waals surface area contributed by atoms with Crippen LogP contribution >= 0.6 is 0 Å². The van der Waals surface area contributed by atoms with E-state index in [1.165, 1.54) is 0 Å². The first-order chi connectivity index (χ1) is 5.24. The number of nitrogens with one attached hydrogen (secondary N) is 1. The average Bonchev–Trinajstić information content (AvgIpc) is 2.36. The van der Waals surface area contributed by atoms with E-state index in [-0.39, 0.29) is 18.2 Å². The van der Waals surface area contributed by atoms with Gasteiger partial charge in [0.15, 0.2) is 0 Å². The van der Waals surface area contributed by atoms with E-state index in [1.807, 2.05) is 13.8 Å². The molecule has 0 aromatic carbocycles. The summed E-state index contributed by atoms with van der Waals surface area (Å²) in [5, 5.41) is 2.65. The number of hydrogen-bond donors (Lipinski definition) is 1. The van der Waals surface area contributed by atoms with Crippen LogP contribution in [0.5, 0.6) is 0 Å². The van der Waals surface area contributed by atoms with Gasteiger partial charge in [0.2, 0.25) is 0 Å². The Morgan fingerprint density at radius 2 is 2.64 bits per heavy atom. The molecule has 1 rings (SSSR count). The first-order valence-corrected chi connectivity index (χ1v) is 3.79. The summed E-state index contributed by atoms with van der Waals surface area (Å²) in [6.07, 6.45) is -0.312. The maximum Gasteiger partial charge on any atom is 0.407 e. The van der Waals surface area contributed by atoms with E-state index in [4.69, 9.17) is 9.47 Å². The second kappa shape index (κ2) is 3.57. The molecule has 1 amide bonds. The summed E-state index contributed by atoms with van der Waals surface area (Å²) in [6.45, 7) is 4.92. The van der Waals surface area contributed by atoms with Gasteiger partial charge in [0.05, 0.1) is 12.1 Å². The number of cyclic esters (lactones) is 1. The molecule has 1 heterocycles. The highest BCUT2D eigenvalue weighted by Crippen LogP contribution is 2.05. The number of rotatable bonds is 3. The minimum absolute atomic E-state index is 0.0162. The summed E-state index contributed by atoms with van der Waals surface area (Å²) in [4.78, 5) is 10.6. The quantitative estimate of drug-likeness (QED) is 0.653. The molecule has 1 saturated heterocycles. The molecule has 1 aliphatic rings. The van der Waals surface area contributed by atoms with Crippen molar-refractivity contribution < 1.29 is 14.3 Å². The molecular weight excluding hydrogens is 146 g/mol. The number of alkyl carbamates (subject to hydrolysis) is 1.